The van der Waals surface area contributed by atoms with E-state index in [4.69, 9.17) is 4.74 Å². The fourth-order valence-electron chi connectivity index (χ4n) is 3.69. The molecular formula is C23H27FN6O2. The molecule has 0 bridgehead atoms. The molecule has 1 fully saturated rings. The summed E-state index contributed by atoms with van der Waals surface area (Å²) in [6.07, 6.45) is 0. The third-order valence-electron chi connectivity index (χ3n) is 5.50. The molecule has 1 amide bonds. The molecule has 2 aromatic carbocycles. The number of ether oxygens (including phenoxy) is 1. The minimum atomic E-state index is -0.226. The van der Waals surface area contributed by atoms with Crippen molar-refractivity contribution in [2.24, 2.45) is 0 Å². The topological polar surface area (TPSA) is 76.4 Å². The van der Waals surface area contributed by atoms with Crippen molar-refractivity contribution in [1.29, 1.82) is 0 Å². The molecule has 32 heavy (non-hydrogen) atoms. The Labute approximate surface area is 186 Å². The lowest BCUT2D eigenvalue weighted by atomic mass is 10.1. The van der Waals surface area contributed by atoms with Crippen LogP contribution < -0.4 is 4.74 Å². The number of benzene rings is 2. The first kappa shape index (κ1) is 21.9. The van der Waals surface area contributed by atoms with Crippen LogP contribution in [-0.2, 0) is 13.2 Å². The molecule has 0 saturated carbocycles. The van der Waals surface area contributed by atoms with Gasteiger partial charge in [-0.25, -0.2) is 9.07 Å². The zero-order chi connectivity index (χ0) is 22.5. The summed E-state index contributed by atoms with van der Waals surface area (Å²) in [5.74, 6) is 1.10. The van der Waals surface area contributed by atoms with E-state index < -0.39 is 0 Å². The molecule has 1 aliphatic heterocycles. The lowest BCUT2D eigenvalue weighted by Gasteiger charge is -2.34. The van der Waals surface area contributed by atoms with Gasteiger partial charge in [-0.1, -0.05) is 12.1 Å². The highest BCUT2D eigenvalue weighted by Gasteiger charge is 2.22. The van der Waals surface area contributed by atoms with Crippen molar-refractivity contribution in [3.05, 3.63) is 71.3 Å². The molecule has 4 rings (SSSR count). The molecule has 168 valence electrons. The molecule has 0 unspecified atom stereocenters. The second-order valence-electron chi connectivity index (χ2n) is 8.14. The minimum absolute atomic E-state index is 0.0155. The fourth-order valence-corrected chi connectivity index (χ4v) is 3.69. The predicted molar refractivity (Wildman–Crippen MR) is 117 cm³/mol. The summed E-state index contributed by atoms with van der Waals surface area (Å²) >= 11 is 0. The van der Waals surface area contributed by atoms with Gasteiger partial charge in [-0.05, 0) is 66.2 Å². The highest BCUT2D eigenvalue weighted by atomic mass is 19.1. The Balaban J connectivity index is 1.27. The van der Waals surface area contributed by atoms with E-state index in [0.29, 0.717) is 30.2 Å². The van der Waals surface area contributed by atoms with Crippen LogP contribution in [0.1, 0.15) is 41.6 Å². The molecule has 8 nitrogen and oxygen atoms in total. The van der Waals surface area contributed by atoms with Crippen molar-refractivity contribution >= 4 is 5.91 Å². The summed E-state index contributed by atoms with van der Waals surface area (Å²) in [4.78, 5) is 17.0. The van der Waals surface area contributed by atoms with Crippen LogP contribution in [-0.4, -0.2) is 62.1 Å². The standard InChI is InChI=1S/C23H27FN6O2/c1-17(2)30-22(25-26-27-30)16-32-21-9-5-19(6-10-21)23(31)29-13-11-28(12-14-29)15-18-3-7-20(24)8-4-18/h3-10,17H,11-16H2,1-2H3. The summed E-state index contributed by atoms with van der Waals surface area (Å²) in [7, 11) is 0. The minimum Gasteiger partial charge on any atom is -0.486 e. The van der Waals surface area contributed by atoms with Crippen molar-refractivity contribution in [2.45, 2.75) is 33.0 Å². The highest BCUT2D eigenvalue weighted by molar-refractivity contribution is 5.94. The third kappa shape index (κ3) is 5.28. The zero-order valence-electron chi connectivity index (χ0n) is 18.3. The summed E-state index contributed by atoms with van der Waals surface area (Å²) in [5, 5.41) is 11.6. The summed E-state index contributed by atoms with van der Waals surface area (Å²) in [6, 6.07) is 13.9. The Kier molecular flexibility index (Phi) is 6.75. The van der Waals surface area contributed by atoms with Crippen LogP contribution in [0.15, 0.2) is 48.5 Å². The van der Waals surface area contributed by atoms with E-state index in [1.54, 1.807) is 41.1 Å². The van der Waals surface area contributed by atoms with Crippen molar-refractivity contribution in [2.75, 3.05) is 26.2 Å². The van der Waals surface area contributed by atoms with E-state index in [9.17, 15) is 9.18 Å². The van der Waals surface area contributed by atoms with E-state index in [1.807, 2.05) is 18.7 Å². The maximum atomic E-state index is 13.1. The number of rotatable bonds is 7. The zero-order valence-corrected chi connectivity index (χ0v) is 18.3. The van der Waals surface area contributed by atoms with E-state index >= 15 is 0 Å². The van der Waals surface area contributed by atoms with Gasteiger partial charge in [0.1, 0.15) is 18.2 Å². The second kappa shape index (κ2) is 9.86. The quantitative estimate of drug-likeness (QED) is 0.565. The van der Waals surface area contributed by atoms with Gasteiger partial charge in [-0.3, -0.25) is 9.69 Å². The van der Waals surface area contributed by atoms with E-state index in [2.05, 4.69) is 20.4 Å². The number of hydrogen-bond acceptors (Lipinski definition) is 6. The SMILES string of the molecule is CC(C)n1nnnc1COc1ccc(C(=O)N2CCN(Cc3ccc(F)cc3)CC2)cc1. The van der Waals surface area contributed by atoms with Crippen LogP contribution in [0.5, 0.6) is 5.75 Å². The van der Waals surface area contributed by atoms with Gasteiger partial charge < -0.3 is 9.64 Å². The van der Waals surface area contributed by atoms with Gasteiger partial charge >= 0.3 is 0 Å². The van der Waals surface area contributed by atoms with Gasteiger partial charge in [0.05, 0.1) is 6.04 Å². The maximum absolute atomic E-state index is 13.1. The third-order valence-corrected chi connectivity index (χ3v) is 5.50. The number of nitrogens with zero attached hydrogens (tertiary/aromatic N) is 6. The number of halogens is 1. The molecule has 1 aromatic heterocycles. The second-order valence-corrected chi connectivity index (χ2v) is 8.14. The number of tetrazole rings is 1. The van der Waals surface area contributed by atoms with Gasteiger partial charge in [0.15, 0.2) is 5.82 Å². The average Bonchev–Trinajstić information content (AvgIpc) is 3.29. The van der Waals surface area contributed by atoms with Gasteiger partial charge in [0.25, 0.3) is 5.91 Å². The van der Waals surface area contributed by atoms with E-state index in [0.717, 1.165) is 25.2 Å². The number of aromatic nitrogens is 4. The van der Waals surface area contributed by atoms with Gasteiger partial charge in [0, 0.05) is 38.3 Å². The number of carbonyl (C=O) groups is 1. The van der Waals surface area contributed by atoms with Crippen molar-refractivity contribution < 1.29 is 13.9 Å². The van der Waals surface area contributed by atoms with Crippen LogP contribution >= 0.6 is 0 Å². The van der Waals surface area contributed by atoms with Crippen LogP contribution in [0, 0.1) is 5.82 Å². The molecule has 1 saturated heterocycles. The molecule has 9 heteroatoms. The highest BCUT2D eigenvalue weighted by Crippen LogP contribution is 2.17. The number of piperazine rings is 1. The first-order chi connectivity index (χ1) is 15.5. The summed E-state index contributed by atoms with van der Waals surface area (Å²) in [6.45, 7) is 7.92. The molecule has 0 atom stereocenters. The molecular weight excluding hydrogens is 411 g/mol. The lowest BCUT2D eigenvalue weighted by Crippen LogP contribution is -2.48. The van der Waals surface area contributed by atoms with Crippen LogP contribution in [0.3, 0.4) is 0 Å². The predicted octanol–water partition coefficient (Wildman–Crippen LogP) is 2.93. The number of hydrogen-bond donors (Lipinski definition) is 0. The number of amides is 1. The van der Waals surface area contributed by atoms with Crippen molar-refractivity contribution in [1.82, 2.24) is 30.0 Å². The van der Waals surface area contributed by atoms with Gasteiger partial charge in [-0.2, -0.15) is 0 Å². The molecule has 0 aliphatic carbocycles. The van der Waals surface area contributed by atoms with Gasteiger partial charge in [0.2, 0.25) is 0 Å². The van der Waals surface area contributed by atoms with Crippen molar-refractivity contribution in [3.8, 4) is 5.75 Å². The van der Waals surface area contributed by atoms with Crippen LogP contribution in [0.2, 0.25) is 0 Å². The normalized spacial score (nSPS) is 14.7. The molecule has 1 aliphatic rings. The van der Waals surface area contributed by atoms with Crippen LogP contribution in [0.4, 0.5) is 4.39 Å². The van der Waals surface area contributed by atoms with E-state index in [1.165, 1.54) is 12.1 Å². The molecule has 3 aromatic rings. The first-order valence-electron chi connectivity index (χ1n) is 10.8. The summed E-state index contributed by atoms with van der Waals surface area (Å²) < 4.78 is 20.6. The largest absolute Gasteiger partial charge is 0.486 e. The Hall–Kier alpha value is -3.33. The fraction of sp³-hybridized carbons (Fsp3) is 0.391. The van der Waals surface area contributed by atoms with E-state index in [-0.39, 0.29) is 24.4 Å². The maximum Gasteiger partial charge on any atom is 0.253 e. The number of carbonyl (C=O) groups excluding carboxylic acids is 1. The van der Waals surface area contributed by atoms with Crippen molar-refractivity contribution in [3.63, 3.8) is 0 Å². The Bertz CT molecular complexity index is 1030. The molecule has 0 spiro atoms. The molecule has 0 N–H and O–H groups in total. The Morgan fingerprint density at radius 3 is 2.38 bits per heavy atom. The Morgan fingerprint density at radius 1 is 1.03 bits per heavy atom. The summed E-state index contributed by atoms with van der Waals surface area (Å²) in [5.41, 5.74) is 1.71. The molecule has 2 heterocycles. The smallest absolute Gasteiger partial charge is 0.253 e. The Morgan fingerprint density at radius 2 is 1.72 bits per heavy atom. The lowest BCUT2D eigenvalue weighted by molar-refractivity contribution is 0.0628. The monoisotopic (exact) mass is 438 g/mol. The van der Waals surface area contributed by atoms with Gasteiger partial charge in [-0.15, -0.1) is 5.10 Å². The molecule has 0 radical (unpaired) electrons. The average molecular weight is 439 g/mol. The first-order valence-corrected chi connectivity index (χ1v) is 10.8. The van der Waals surface area contributed by atoms with Crippen LogP contribution in [0.25, 0.3) is 0 Å².